The second-order valence-corrected chi connectivity index (χ2v) is 8.93. The Morgan fingerprint density at radius 1 is 1.00 bits per heavy atom. The average molecular weight is 433 g/mol. The lowest BCUT2D eigenvalue weighted by Gasteiger charge is -2.35. The van der Waals surface area contributed by atoms with Crippen LogP contribution >= 0.6 is 11.6 Å². The SMILES string of the molecule is O=[N+]([O-])c1cnc2c(Cl)cccc2c1N1CCN(S(=O)(=O)c2ccccc2)CC1. The van der Waals surface area contributed by atoms with Crippen LogP contribution in [0.25, 0.3) is 10.9 Å². The molecule has 4 rings (SSSR count). The Bertz CT molecular complexity index is 1180. The Morgan fingerprint density at radius 3 is 2.34 bits per heavy atom. The number of rotatable bonds is 4. The highest BCUT2D eigenvalue weighted by molar-refractivity contribution is 7.89. The normalized spacial score (nSPS) is 15.6. The molecular formula is C19H17ClN4O4S. The number of piperazine rings is 1. The van der Waals surface area contributed by atoms with Crippen LogP contribution in [0, 0.1) is 10.1 Å². The Balaban J connectivity index is 1.67. The van der Waals surface area contributed by atoms with Crippen molar-refractivity contribution in [1.29, 1.82) is 0 Å². The number of hydrogen-bond acceptors (Lipinski definition) is 6. The Morgan fingerprint density at radius 2 is 1.69 bits per heavy atom. The number of sulfonamides is 1. The van der Waals surface area contributed by atoms with Crippen LogP contribution < -0.4 is 4.90 Å². The molecule has 0 amide bonds. The summed E-state index contributed by atoms with van der Waals surface area (Å²) in [5.41, 5.74) is 0.771. The molecule has 0 atom stereocenters. The fourth-order valence-corrected chi connectivity index (χ4v) is 5.19. The van der Waals surface area contributed by atoms with E-state index in [0.717, 1.165) is 0 Å². The van der Waals surface area contributed by atoms with E-state index < -0.39 is 14.9 Å². The summed E-state index contributed by atoms with van der Waals surface area (Å²) in [6.07, 6.45) is 1.20. The standard InChI is InChI=1S/C19H17ClN4O4S/c20-16-8-4-7-15-18(16)21-13-17(24(25)26)19(15)22-9-11-23(12-10-22)29(27,28)14-5-2-1-3-6-14/h1-8,13H,9-12H2. The van der Waals surface area contributed by atoms with Crippen molar-refractivity contribution in [3.05, 3.63) is 69.9 Å². The highest BCUT2D eigenvalue weighted by atomic mass is 35.5. The molecule has 0 saturated carbocycles. The van der Waals surface area contributed by atoms with Crippen molar-refractivity contribution in [3.8, 4) is 0 Å². The number of hydrogen-bond donors (Lipinski definition) is 0. The van der Waals surface area contributed by atoms with Crippen molar-refractivity contribution >= 4 is 43.9 Å². The molecule has 2 aromatic carbocycles. The highest BCUT2D eigenvalue weighted by Gasteiger charge is 2.32. The first-order valence-corrected chi connectivity index (χ1v) is 10.7. The zero-order chi connectivity index (χ0) is 20.6. The van der Waals surface area contributed by atoms with Gasteiger partial charge in [-0.05, 0) is 18.2 Å². The van der Waals surface area contributed by atoms with E-state index in [-0.39, 0.29) is 23.7 Å². The van der Waals surface area contributed by atoms with Crippen molar-refractivity contribution in [2.75, 3.05) is 31.1 Å². The third kappa shape index (κ3) is 3.52. The number of nitro groups is 1. The molecule has 0 aliphatic carbocycles. The molecule has 0 bridgehead atoms. The van der Waals surface area contributed by atoms with Gasteiger partial charge < -0.3 is 4.90 Å². The third-order valence-electron chi connectivity index (χ3n) is 4.93. The summed E-state index contributed by atoms with van der Waals surface area (Å²) in [6, 6.07) is 13.4. The number of aromatic nitrogens is 1. The summed E-state index contributed by atoms with van der Waals surface area (Å²) in [5.74, 6) is 0. The molecule has 2 heterocycles. The van der Waals surface area contributed by atoms with E-state index in [9.17, 15) is 18.5 Å². The molecule has 10 heteroatoms. The molecule has 1 aromatic heterocycles. The minimum absolute atomic E-state index is 0.126. The Kier molecular flexibility index (Phi) is 5.12. The maximum atomic E-state index is 12.8. The maximum absolute atomic E-state index is 12.8. The van der Waals surface area contributed by atoms with E-state index in [2.05, 4.69) is 4.98 Å². The van der Waals surface area contributed by atoms with Crippen molar-refractivity contribution in [2.45, 2.75) is 4.90 Å². The van der Waals surface area contributed by atoms with Crippen LogP contribution in [0.2, 0.25) is 5.02 Å². The molecule has 1 aliphatic rings. The van der Waals surface area contributed by atoms with Crippen LogP contribution in [-0.4, -0.2) is 48.8 Å². The third-order valence-corrected chi connectivity index (χ3v) is 7.15. The van der Waals surface area contributed by atoms with E-state index in [1.54, 1.807) is 48.5 Å². The summed E-state index contributed by atoms with van der Waals surface area (Å²) in [4.78, 5) is 17.3. The van der Waals surface area contributed by atoms with E-state index in [1.807, 2.05) is 4.90 Å². The number of halogens is 1. The van der Waals surface area contributed by atoms with Crippen LogP contribution in [-0.2, 0) is 10.0 Å². The first-order chi connectivity index (χ1) is 13.9. The number of anilines is 1. The summed E-state index contributed by atoms with van der Waals surface area (Å²) in [6.45, 7) is 1.08. The molecule has 0 N–H and O–H groups in total. The fraction of sp³-hybridized carbons (Fsp3) is 0.211. The van der Waals surface area contributed by atoms with Gasteiger partial charge in [-0.25, -0.2) is 13.4 Å². The molecule has 8 nitrogen and oxygen atoms in total. The van der Waals surface area contributed by atoms with Crippen molar-refractivity contribution in [2.24, 2.45) is 0 Å². The lowest BCUT2D eigenvalue weighted by molar-refractivity contribution is -0.384. The van der Waals surface area contributed by atoms with Crippen molar-refractivity contribution in [1.82, 2.24) is 9.29 Å². The van der Waals surface area contributed by atoms with Gasteiger partial charge in [-0.1, -0.05) is 41.9 Å². The van der Waals surface area contributed by atoms with E-state index in [4.69, 9.17) is 11.6 Å². The smallest absolute Gasteiger partial charge is 0.311 e. The minimum atomic E-state index is -3.60. The molecule has 1 saturated heterocycles. The lowest BCUT2D eigenvalue weighted by Crippen LogP contribution is -2.48. The second kappa shape index (κ2) is 7.58. The van der Waals surface area contributed by atoms with Gasteiger partial charge >= 0.3 is 5.69 Å². The van der Waals surface area contributed by atoms with Crippen LogP contribution in [0.4, 0.5) is 11.4 Å². The molecule has 1 aliphatic heterocycles. The molecule has 0 unspecified atom stereocenters. The number of nitrogens with zero attached hydrogens (tertiary/aromatic N) is 4. The predicted octanol–water partition coefficient (Wildman–Crippen LogP) is 3.31. The van der Waals surface area contributed by atoms with Gasteiger partial charge in [-0.2, -0.15) is 4.31 Å². The quantitative estimate of drug-likeness (QED) is 0.463. The van der Waals surface area contributed by atoms with Crippen molar-refractivity contribution in [3.63, 3.8) is 0 Å². The highest BCUT2D eigenvalue weighted by Crippen LogP contribution is 2.37. The van der Waals surface area contributed by atoms with Gasteiger partial charge in [0.2, 0.25) is 10.0 Å². The molecule has 3 aromatic rings. The summed E-state index contributed by atoms with van der Waals surface area (Å²) in [5, 5.41) is 12.6. The largest absolute Gasteiger partial charge is 0.363 e. The number of fused-ring (bicyclic) bond motifs is 1. The minimum Gasteiger partial charge on any atom is -0.363 e. The van der Waals surface area contributed by atoms with Gasteiger partial charge in [0, 0.05) is 31.6 Å². The van der Waals surface area contributed by atoms with Gasteiger partial charge in [0.05, 0.1) is 20.4 Å². The monoisotopic (exact) mass is 432 g/mol. The summed E-state index contributed by atoms with van der Waals surface area (Å²) in [7, 11) is -3.60. The van der Waals surface area contributed by atoms with Gasteiger partial charge in [0.25, 0.3) is 0 Å². The van der Waals surface area contributed by atoms with Gasteiger partial charge in [0.1, 0.15) is 11.9 Å². The average Bonchev–Trinajstić information content (AvgIpc) is 2.74. The van der Waals surface area contributed by atoms with E-state index in [0.29, 0.717) is 34.7 Å². The molecule has 0 spiro atoms. The Labute approximate surface area is 172 Å². The number of para-hydroxylation sites is 1. The number of pyridine rings is 1. The lowest BCUT2D eigenvalue weighted by atomic mass is 10.1. The van der Waals surface area contributed by atoms with Crippen LogP contribution in [0.1, 0.15) is 0 Å². The molecular weight excluding hydrogens is 416 g/mol. The Hall–Kier alpha value is -2.75. The van der Waals surface area contributed by atoms with Crippen LogP contribution in [0.15, 0.2) is 59.6 Å². The fourth-order valence-electron chi connectivity index (χ4n) is 3.52. The van der Waals surface area contributed by atoms with Crippen LogP contribution in [0.5, 0.6) is 0 Å². The predicted molar refractivity (Wildman–Crippen MR) is 111 cm³/mol. The molecule has 1 fully saturated rings. The van der Waals surface area contributed by atoms with Crippen molar-refractivity contribution < 1.29 is 13.3 Å². The molecule has 150 valence electrons. The maximum Gasteiger partial charge on any atom is 0.311 e. The number of benzene rings is 2. The summed E-state index contributed by atoms with van der Waals surface area (Å²) >= 11 is 6.21. The topological polar surface area (TPSA) is 96.7 Å². The van der Waals surface area contributed by atoms with Gasteiger partial charge in [0.15, 0.2) is 0 Å². The second-order valence-electron chi connectivity index (χ2n) is 6.59. The van der Waals surface area contributed by atoms with E-state index >= 15 is 0 Å². The van der Waals surface area contributed by atoms with Gasteiger partial charge in [-0.15, -0.1) is 0 Å². The van der Waals surface area contributed by atoms with Crippen LogP contribution in [0.3, 0.4) is 0 Å². The molecule has 29 heavy (non-hydrogen) atoms. The van der Waals surface area contributed by atoms with Gasteiger partial charge in [-0.3, -0.25) is 10.1 Å². The zero-order valence-corrected chi connectivity index (χ0v) is 16.8. The van der Waals surface area contributed by atoms with E-state index in [1.165, 1.54) is 10.5 Å². The summed E-state index contributed by atoms with van der Waals surface area (Å²) < 4.78 is 27.1. The zero-order valence-electron chi connectivity index (χ0n) is 15.2. The first kappa shape index (κ1) is 19.6. The molecule has 0 radical (unpaired) electrons. The first-order valence-electron chi connectivity index (χ1n) is 8.91.